The van der Waals surface area contributed by atoms with Gasteiger partial charge in [0.25, 0.3) is 0 Å². The molecule has 1 aliphatic rings. The summed E-state index contributed by atoms with van der Waals surface area (Å²) in [6, 6.07) is 37.5. The monoisotopic (exact) mass is 664 g/mol. The van der Waals surface area contributed by atoms with Crippen molar-refractivity contribution in [2.75, 3.05) is 27.9 Å². The van der Waals surface area contributed by atoms with Crippen LogP contribution in [0.3, 0.4) is 0 Å². The van der Waals surface area contributed by atoms with Gasteiger partial charge < -0.3 is 18.0 Å². The van der Waals surface area contributed by atoms with Crippen LogP contribution >= 0.6 is 0 Å². The molecule has 0 spiro atoms. The highest BCUT2D eigenvalue weighted by Crippen LogP contribution is 2.37. The Bertz CT molecular complexity index is 2510. The normalized spacial score (nSPS) is 17.2. The van der Waals surface area contributed by atoms with Crippen molar-refractivity contribution >= 4 is 85.6 Å². The molecule has 7 aromatic rings. The fraction of sp³-hybridized carbons (Fsp3) is 0.273. The Labute approximate surface area is 288 Å². The summed E-state index contributed by atoms with van der Waals surface area (Å²) in [7, 11) is 2.34. The number of rotatable bonds is 10. The Balaban J connectivity index is 1.19. The van der Waals surface area contributed by atoms with Gasteiger partial charge in [-0.05, 0) is 167 Å². The highest BCUT2D eigenvalue weighted by Gasteiger charge is 2.41. The molecule has 49 heavy (non-hydrogen) atoms. The van der Waals surface area contributed by atoms with E-state index in [1.165, 1.54) is 75.1 Å². The van der Waals surface area contributed by atoms with Gasteiger partial charge in [-0.15, -0.1) is 0 Å². The number of hydrogen-bond acceptors (Lipinski definition) is 4. The van der Waals surface area contributed by atoms with Gasteiger partial charge in [-0.3, -0.25) is 0 Å². The third-order valence-corrected chi connectivity index (χ3v) is 13.6. The molecule has 0 N–H and O–H groups in total. The van der Waals surface area contributed by atoms with Crippen LogP contribution in [0.2, 0.25) is 6.04 Å². The summed E-state index contributed by atoms with van der Waals surface area (Å²) in [6.07, 6.45) is 7.57. The highest BCUT2D eigenvalue weighted by molar-refractivity contribution is 6.60. The lowest BCUT2D eigenvalue weighted by molar-refractivity contribution is -0.00986. The molecule has 0 radical (unpaired) electrons. The molecule has 0 saturated carbocycles. The second-order valence-corrected chi connectivity index (χ2v) is 17.2. The summed E-state index contributed by atoms with van der Waals surface area (Å²) in [6.45, 7) is 5.22. The molecule has 0 aromatic heterocycles. The highest BCUT2D eigenvalue weighted by atomic mass is 28.4. The van der Waals surface area contributed by atoms with Crippen molar-refractivity contribution in [3.63, 3.8) is 0 Å². The van der Waals surface area contributed by atoms with Gasteiger partial charge in [0.05, 0.1) is 6.10 Å². The molecule has 248 valence electrons. The summed E-state index contributed by atoms with van der Waals surface area (Å²) in [5.41, 5.74) is -0.157. The van der Waals surface area contributed by atoms with Crippen molar-refractivity contribution in [1.29, 1.82) is 0 Å². The van der Waals surface area contributed by atoms with Crippen LogP contribution in [-0.2, 0) is 18.0 Å². The molecule has 5 heteroatoms. The third kappa shape index (κ3) is 5.84. The quantitative estimate of drug-likeness (QED) is 0.108. The molecule has 0 fully saturated rings. The van der Waals surface area contributed by atoms with Crippen molar-refractivity contribution in [1.82, 2.24) is 0 Å². The minimum Gasteiger partial charge on any atom is -0.377 e. The Hall–Kier alpha value is -4.10. The lowest BCUT2D eigenvalue weighted by Crippen LogP contribution is -2.46. The van der Waals surface area contributed by atoms with E-state index in [9.17, 15) is 0 Å². The number of ether oxygens (including phenoxy) is 1. The van der Waals surface area contributed by atoms with Gasteiger partial charge >= 0.3 is 8.80 Å². The van der Waals surface area contributed by atoms with E-state index in [0.717, 1.165) is 25.9 Å². The lowest BCUT2D eigenvalue weighted by Gasteiger charge is -2.37. The zero-order chi connectivity index (χ0) is 33.8. The van der Waals surface area contributed by atoms with Crippen LogP contribution in [0.25, 0.3) is 76.8 Å². The lowest BCUT2D eigenvalue weighted by atomic mass is 9.76. The zero-order valence-corrected chi connectivity index (χ0v) is 30.1. The molecular weight excluding hydrogens is 621 g/mol. The standard InChI is InChI=1S/C44H44O4Si/c1-6-14-48-43(12-15-49(45-3,46-4)47-5)44(2)13-11-31-18-34-21-37-24-38-22-35-19-32-16-29-9-7-8-10-30(29)17-33(32)20-36(35)23-39(38)25-40(37)26-41(34)27-42(31)28-44/h7-11,16-28,43H,6,12-15H2,1-5H3. The van der Waals surface area contributed by atoms with Crippen LogP contribution in [0.15, 0.2) is 97.1 Å². The summed E-state index contributed by atoms with van der Waals surface area (Å²) in [5, 5.41) is 17.8. The fourth-order valence-electron chi connectivity index (χ4n) is 8.03. The molecule has 8 rings (SSSR count). The topological polar surface area (TPSA) is 36.9 Å². The van der Waals surface area contributed by atoms with Crippen molar-refractivity contribution in [2.24, 2.45) is 5.41 Å². The second-order valence-electron chi connectivity index (χ2n) is 14.1. The number of benzene rings is 7. The van der Waals surface area contributed by atoms with Gasteiger partial charge in [0.1, 0.15) is 0 Å². The first kappa shape index (κ1) is 32.1. The molecule has 0 amide bonds. The minimum absolute atomic E-state index is 0.0218. The molecule has 2 unspecified atom stereocenters. The van der Waals surface area contributed by atoms with Gasteiger partial charge in [-0.1, -0.05) is 50.3 Å². The third-order valence-electron chi connectivity index (χ3n) is 10.9. The van der Waals surface area contributed by atoms with Crippen molar-refractivity contribution < 1.29 is 18.0 Å². The molecular formula is C44H44O4Si. The first-order valence-electron chi connectivity index (χ1n) is 17.5. The number of fused-ring (bicyclic) bond motifs is 7. The van der Waals surface area contributed by atoms with E-state index in [2.05, 4.69) is 123 Å². The van der Waals surface area contributed by atoms with Crippen LogP contribution in [-0.4, -0.2) is 42.8 Å². The van der Waals surface area contributed by atoms with Crippen LogP contribution in [0.5, 0.6) is 0 Å². The maximum absolute atomic E-state index is 6.54. The second kappa shape index (κ2) is 12.7. The molecule has 0 saturated heterocycles. The first-order valence-corrected chi connectivity index (χ1v) is 19.4. The van der Waals surface area contributed by atoms with Crippen LogP contribution in [0, 0.1) is 5.41 Å². The Kier molecular flexibility index (Phi) is 8.30. The van der Waals surface area contributed by atoms with E-state index < -0.39 is 8.80 Å². The van der Waals surface area contributed by atoms with E-state index >= 15 is 0 Å². The summed E-state index contributed by atoms with van der Waals surface area (Å²) < 4.78 is 23.8. The predicted octanol–water partition coefficient (Wildman–Crippen LogP) is 9.64. The summed E-state index contributed by atoms with van der Waals surface area (Å²) >= 11 is 0. The van der Waals surface area contributed by atoms with Gasteiger partial charge in [-0.2, -0.15) is 0 Å². The number of hydrogen-bond donors (Lipinski definition) is 0. The van der Waals surface area contributed by atoms with Crippen molar-refractivity contribution in [2.45, 2.75) is 45.3 Å². The molecule has 0 aliphatic heterocycles. The smallest absolute Gasteiger partial charge is 0.377 e. The van der Waals surface area contributed by atoms with E-state index in [4.69, 9.17) is 18.0 Å². The van der Waals surface area contributed by atoms with Gasteiger partial charge in [0, 0.05) is 39.4 Å². The molecule has 2 atom stereocenters. The van der Waals surface area contributed by atoms with Gasteiger partial charge in [0.15, 0.2) is 0 Å². The fourth-order valence-corrected chi connectivity index (χ4v) is 9.76. The van der Waals surface area contributed by atoms with Crippen molar-refractivity contribution in [3.05, 3.63) is 107 Å². The average Bonchev–Trinajstić information content (AvgIpc) is 3.11. The Morgan fingerprint density at radius 1 is 0.592 bits per heavy atom. The van der Waals surface area contributed by atoms with E-state index in [-0.39, 0.29) is 11.5 Å². The minimum atomic E-state index is -2.71. The molecule has 4 nitrogen and oxygen atoms in total. The maximum atomic E-state index is 6.54. The van der Waals surface area contributed by atoms with E-state index in [0.29, 0.717) is 6.04 Å². The largest absolute Gasteiger partial charge is 0.500 e. The maximum Gasteiger partial charge on any atom is 0.500 e. The molecule has 0 bridgehead atoms. The van der Waals surface area contributed by atoms with Crippen molar-refractivity contribution in [3.8, 4) is 0 Å². The van der Waals surface area contributed by atoms with Gasteiger partial charge in [-0.25, -0.2) is 0 Å². The first-order chi connectivity index (χ1) is 23.8. The molecule has 7 aromatic carbocycles. The van der Waals surface area contributed by atoms with E-state index in [1.54, 1.807) is 21.3 Å². The summed E-state index contributed by atoms with van der Waals surface area (Å²) in [5.74, 6) is 0. The van der Waals surface area contributed by atoms with Crippen LogP contribution in [0.4, 0.5) is 0 Å². The zero-order valence-electron chi connectivity index (χ0n) is 29.1. The Morgan fingerprint density at radius 2 is 1.00 bits per heavy atom. The SMILES string of the molecule is CCCOC(CC[Si](OC)(OC)OC)C1(C)C=c2cc3cc4cc5cc6cc7cc8ccccc8cc7cc6cc5cc4cc3cc2=CC1. The van der Waals surface area contributed by atoms with Crippen LogP contribution < -0.4 is 10.4 Å². The van der Waals surface area contributed by atoms with E-state index in [1.807, 2.05) is 0 Å². The molecule has 1 aliphatic carbocycles. The summed E-state index contributed by atoms with van der Waals surface area (Å²) in [4.78, 5) is 0. The average molecular weight is 665 g/mol. The van der Waals surface area contributed by atoms with Crippen LogP contribution in [0.1, 0.15) is 33.1 Å². The van der Waals surface area contributed by atoms with Gasteiger partial charge in [0.2, 0.25) is 0 Å². The Morgan fingerprint density at radius 3 is 1.43 bits per heavy atom. The predicted molar refractivity (Wildman–Crippen MR) is 209 cm³/mol. The molecule has 0 heterocycles.